The Bertz CT molecular complexity index is 1860. The van der Waals surface area contributed by atoms with Gasteiger partial charge in [-0.2, -0.15) is 0 Å². The summed E-state index contributed by atoms with van der Waals surface area (Å²) in [6, 6.07) is 41.7. The number of hydrogen-bond donors (Lipinski definition) is 0. The molecule has 0 saturated heterocycles. The van der Waals surface area contributed by atoms with Crippen LogP contribution in [0.15, 0.2) is 133 Å². The minimum atomic E-state index is -0.951. The normalized spacial score (nSPS) is 13.0. The first-order valence-corrected chi connectivity index (χ1v) is 13.8. The fourth-order valence-corrected chi connectivity index (χ4v) is 6.57. The van der Waals surface area contributed by atoms with Gasteiger partial charge in [-0.05, 0) is 70.5 Å². The zero-order chi connectivity index (χ0) is 28.4. The molecule has 0 spiro atoms. The Morgan fingerprint density at radius 3 is 1.36 bits per heavy atom. The van der Waals surface area contributed by atoms with E-state index in [1.165, 1.54) is 0 Å². The lowest BCUT2D eigenvalue weighted by Crippen LogP contribution is -2.61. The summed E-state index contributed by atoms with van der Waals surface area (Å²) in [5.74, 6) is -2.84. The van der Waals surface area contributed by atoms with Crippen molar-refractivity contribution in [1.29, 1.82) is 0 Å². The van der Waals surface area contributed by atoms with E-state index < -0.39 is 17.5 Å². The van der Waals surface area contributed by atoms with E-state index in [9.17, 15) is 4.39 Å². The maximum atomic E-state index is 15.4. The van der Waals surface area contributed by atoms with Gasteiger partial charge in [0.2, 0.25) is 0 Å². The molecule has 2 heterocycles. The first-order chi connectivity index (χ1) is 20.6. The van der Waals surface area contributed by atoms with Crippen molar-refractivity contribution in [3.8, 4) is 11.1 Å². The lowest BCUT2D eigenvalue weighted by Gasteiger charge is -2.44. The summed E-state index contributed by atoms with van der Waals surface area (Å²) >= 11 is 0. The first kappa shape index (κ1) is 24.6. The van der Waals surface area contributed by atoms with Crippen LogP contribution in [0.1, 0.15) is 0 Å². The van der Waals surface area contributed by atoms with Crippen molar-refractivity contribution in [2.45, 2.75) is 0 Å². The molecule has 0 aliphatic carbocycles. The van der Waals surface area contributed by atoms with E-state index in [0.717, 1.165) is 62.6 Å². The molecule has 0 aromatic heterocycles. The molecular weight excluding hydrogens is 528 g/mol. The minimum absolute atomic E-state index is 0.112. The number of fused-ring (bicyclic) bond motifs is 4. The molecule has 200 valence electrons. The van der Waals surface area contributed by atoms with Crippen LogP contribution >= 0.6 is 0 Å². The smallest absolute Gasteiger partial charge is 0.252 e. The second-order valence-corrected chi connectivity index (χ2v) is 10.6. The summed E-state index contributed by atoms with van der Waals surface area (Å²) in [4.78, 5) is 4.31. The molecule has 8 rings (SSSR count). The zero-order valence-corrected chi connectivity index (χ0v) is 22.3. The third-order valence-electron chi connectivity index (χ3n) is 8.21. The highest BCUT2D eigenvalue weighted by atomic mass is 19.1. The molecule has 6 heteroatoms. The highest BCUT2D eigenvalue weighted by molar-refractivity contribution is 7.00. The number of halogens is 3. The Kier molecular flexibility index (Phi) is 5.51. The number of para-hydroxylation sites is 4. The van der Waals surface area contributed by atoms with Crippen molar-refractivity contribution >= 4 is 57.2 Å². The predicted molar refractivity (Wildman–Crippen MR) is 166 cm³/mol. The molecule has 0 atom stereocenters. The van der Waals surface area contributed by atoms with Crippen LogP contribution in [0.2, 0.25) is 0 Å². The van der Waals surface area contributed by atoms with Gasteiger partial charge < -0.3 is 9.80 Å². The van der Waals surface area contributed by atoms with E-state index in [-0.39, 0.29) is 12.3 Å². The van der Waals surface area contributed by atoms with Crippen LogP contribution in [0.5, 0.6) is 0 Å². The number of anilines is 6. The lowest BCUT2D eigenvalue weighted by molar-refractivity contribution is 0.548. The molecular formula is C36H22BF3N2. The minimum Gasteiger partial charge on any atom is -0.311 e. The van der Waals surface area contributed by atoms with Crippen LogP contribution in [0.25, 0.3) is 11.1 Å². The van der Waals surface area contributed by atoms with Gasteiger partial charge in [-0.25, -0.2) is 13.2 Å². The van der Waals surface area contributed by atoms with Crippen LogP contribution in [-0.2, 0) is 0 Å². The van der Waals surface area contributed by atoms with Crippen molar-refractivity contribution in [2.75, 3.05) is 9.80 Å². The molecule has 0 unspecified atom stereocenters. The molecule has 2 aliphatic rings. The van der Waals surface area contributed by atoms with E-state index in [2.05, 4.69) is 46.2 Å². The van der Waals surface area contributed by atoms with Crippen LogP contribution < -0.4 is 26.2 Å². The van der Waals surface area contributed by atoms with E-state index in [1.807, 2.05) is 84.9 Å². The Morgan fingerprint density at radius 2 is 0.881 bits per heavy atom. The fourth-order valence-electron chi connectivity index (χ4n) is 6.57. The van der Waals surface area contributed by atoms with Crippen molar-refractivity contribution < 1.29 is 13.2 Å². The molecule has 6 aromatic rings. The SMILES string of the molecule is Fc1cc(F)c(-c2cc3c4c(c2)N(c2ccccc2)c2ccccc2B4c2ccccc2N3c2ccccc2)c(F)c1. The molecule has 0 N–H and O–H groups in total. The van der Waals surface area contributed by atoms with Crippen molar-refractivity contribution in [1.82, 2.24) is 0 Å². The second kappa shape index (κ2) is 9.42. The van der Waals surface area contributed by atoms with E-state index >= 15 is 8.78 Å². The monoisotopic (exact) mass is 550 g/mol. The van der Waals surface area contributed by atoms with Crippen LogP contribution in [0.4, 0.5) is 47.3 Å². The number of rotatable bonds is 3. The van der Waals surface area contributed by atoms with Crippen LogP contribution in [0, 0.1) is 17.5 Å². The van der Waals surface area contributed by atoms with E-state index in [0.29, 0.717) is 5.56 Å². The molecule has 0 fully saturated rings. The summed E-state index contributed by atoms with van der Waals surface area (Å²) < 4.78 is 44.7. The Hall–Kier alpha value is -5.23. The molecule has 0 bridgehead atoms. The van der Waals surface area contributed by atoms with Gasteiger partial charge in [0.1, 0.15) is 17.5 Å². The fraction of sp³-hybridized carbons (Fsp3) is 0. The maximum Gasteiger partial charge on any atom is 0.252 e. The quantitative estimate of drug-likeness (QED) is 0.207. The maximum absolute atomic E-state index is 15.4. The molecule has 0 saturated carbocycles. The predicted octanol–water partition coefficient (Wildman–Crippen LogP) is 7.85. The summed E-state index contributed by atoms with van der Waals surface area (Å²) in [6.45, 7) is -0.112. The standard InChI is InChI=1S/C36H22BF3N2/c38-24-21-29(39)35(30(40)22-24)23-19-33-36-34(20-23)42(26-13-5-2-6-14-26)32-18-10-8-16-28(32)37(36)27-15-7-9-17-31(27)41(33)25-11-3-1-4-12-25/h1-22H. The molecule has 2 aliphatic heterocycles. The zero-order valence-electron chi connectivity index (χ0n) is 22.3. The lowest BCUT2D eigenvalue weighted by atomic mass is 9.33. The summed E-state index contributed by atoms with van der Waals surface area (Å²) in [6.07, 6.45) is 0. The van der Waals surface area contributed by atoms with E-state index in [4.69, 9.17) is 0 Å². The van der Waals surface area contributed by atoms with Crippen LogP contribution in [0.3, 0.4) is 0 Å². The third-order valence-corrected chi connectivity index (χ3v) is 8.21. The van der Waals surface area contributed by atoms with Gasteiger partial charge >= 0.3 is 0 Å². The molecule has 42 heavy (non-hydrogen) atoms. The number of nitrogens with zero attached hydrogens (tertiary/aromatic N) is 2. The highest BCUT2D eigenvalue weighted by Gasteiger charge is 2.43. The average molecular weight is 550 g/mol. The Balaban J connectivity index is 1.53. The average Bonchev–Trinajstić information content (AvgIpc) is 3.01. The van der Waals surface area contributed by atoms with Crippen LogP contribution in [-0.4, -0.2) is 6.71 Å². The molecule has 2 nitrogen and oxygen atoms in total. The number of benzene rings is 6. The van der Waals surface area contributed by atoms with Gasteiger partial charge in [-0.1, -0.05) is 72.8 Å². The van der Waals surface area contributed by atoms with Crippen molar-refractivity contribution in [3.05, 3.63) is 151 Å². The summed E-state index contributed by atoms with van der Waals surface area (Å²) in [5, 5.41) is 0. The van der Waals surface area contributed by atoms with Gasteiger partial charge in [0.05, 0.1) is 5.56 Å². The highest BCUT2D eigenvalue weighted by Crippen LogP contribution is 2.46. The molecule has 0 radical (unpaired) electrons. The topological polar surface area (TPSA) is 6.48 Å². The van der Waals surface area contributed by atoms with Crippen molar-refractivity contribution in [2.24, 2.45) is 0 Å². The summed E-state index contributed by atoms with van der Waals surface area (Å²) in [5.41, 5.74) is 8.85. The first-order valence-electron chi connectivity index (χ1n) is 13.8. The largest absolute Gasteiger partial charge is 0.311 e. The van der Waals surface area contributed by atoms with E-state index in [1.54, 1.807) is 0 Å². The Labute approximate surface area is 242 Å². The van der Waals surface area contributed by atoms with Gasteiger partial charge in [0, 0.05) is 46.3 Å². The van der Waals surface area contributed by atoms with Gasteiger partial charge in [0.15, 0.2) is 0 Å². The number of hydrogen-bond acceptors (Lipinski definition) is 2. The van der Waals surface area contributed by atoms with Gasteiger partial charge in [-0.15, -0.1) is 0 Å². The Morgan fingerprint density at radius 1 is 0.452 bits per heavy atom. The van der Waals surface area contributed by atoms with Gasteiger partial charge in [-0.3, -0.25) is 0 Å². The van der Waals surface area contributed by atoms with Gasteiger partial charge in [0.25, 0.3) is 6.71 Å². The molecule has 6 aromatic carbocycles. The molecule has 0 amide bonds. The third kappa shape index (κ3) is 3.61. The van der Waals surface area contributed by atoms with Crippen molar-refractivity contribution in [3.63, 3.8) is 0 Å². The second-order valence-electron chi connectivity index (χ2n) is 10.6. The summed E-state index contributed by atoms with van der Waals surface area (Å²) in [7, 11) is 0.